The van der Waals surface area contributed by atoms with Gasteiger partial charge in [-0.05, 0) is 36.6 Å². The Labute approximate surface area is 247 Å². The molecule has 4 nitrogen and oxygen atoms in total. The van der Waals surface area contributed by atoms with Gasteiger partial charge < -0.3 is 14.5 Å². The predicted molar refractivity (Wildman–Crippen MR) is 156 cm³/mol. The SMILES string of the molecule is CC(C)(C)C(=O)/C=C(\O)C(C)(C)C.[Pt].[c-]1ccc2c(oc3ccccc32)c1-c1cc(C2CCCCC2)ccn1. The van der Waals surface area contributed by atoms with Crippen molar-refractivity contribution in [1.82, 2.24) is 4.98 Å². The van der Waals surface area contributed by atoms with Crippen LogP contribution in [0, 0.1) is 16.9 Å². The van der Waals surface area contributed by atoms with Gasteiger partial charge in [-0.25, -0.2) is 0 Å². The molecular formula is C34H40NO3Pt-. The summed E-state index contributed by atoms with van der Waals surface area (Å²) in [4.78, 5) is 16.1. The van der Waals surface area contributed by atoms with Crippen LogP contribution in [0.1, 0.15) is 85.1 Å². The molecule has 2 aromatic carbocycles. The third kappa shape index (κ3) is 7.48. The number of allylic oxidation sites excluding steroid dienone is 2. The third-order valence-electron chi connectivity index (χ3n) is 7.23. The summed E-state index contributed by atoms with van der Waals surface area (Å²) in [7, 11) is 0. The first-order valence-corrected chi connectivity index (χ1v) is 13.7. The van der Waals surface area contributed by atoms with Crippen molar-refractivity contribution >= 4 is 27.7 Å². The number of aromatic nitrogens is 1. The van der Waals surface area contributed by atoms with Crippen LogP contribution in [-0.4, -0.2) is 15.9 Å². The van der Waals surface area contributed by atoms with Crippen LogP contribution in [0.5, 0.6) is 0 Å². The first-order chi connectivity index (χ1) is 17.9. The van der Waals surface area contributed by atoms with Gasteiger partial charge in [-0.1, -0.05) is 102 Å². The van der Waals surface area contributed by atoms with Gasteiger partial charge in [-0.2, -0.15) is 0 Å². The van der Waals surface area contributed by atoms with Gasteiger partial charge in [-0.15, -0.1) is 18.2 Å². The number of ketones is 1. The topological polar surface area (TPSA) is 63.3 Å². The van der Waals surface area contributed by atoms with Crippen molar-refractivity contribution in [2.45, 2.75) is 79.6 Å². The van der Waals surface area contributed by atoms with Crippen LogP contribution in [0.4, 0.5) is 0 Å². The zero-order valence-electron chi connectivity index (χ0n) is 23.9. The molecule has 1 saturated carbocycles. The molecular weight excluding hydrogens is 665 g/mol. The van der Waals surface area contributed by atoms with E-state index in [1.54, 1.807) is 0 Å². The molecule has 0 amide bonds. The van der Waals surface area contributed by atoms with Gasteiger partial charge in [-0.3, -0.25) is 4.79 Å². The number of furan rings is 1. The summed E-state index contributed by atoms with van der Waals surface area (Å²) in [5.74, 6) is 0.776. The number of hydrogen-bond donors (Lipinski definition) is 1. The Morgan fingerprint density at radius 3 is 2.33 bits per heavy atom. The number of fused-ring (bicyclic) bond motifs is 3. The van der Waals surface area contributed by atoms with E-state index in [0.29, 0.717) is 5.92 Å². The molecule has 0 saturated heterocycles. The Balaban J connectivity index is 0.000000260. The standard InChI is InChI=1S/C23H20NO.C11H20O2.Pt/c1-2-7-16(8-3-1)17-13-14-24-21(15-17)20-11-6-10-19-18-9-4-5-12-22(18)25-23(19)20;1-10(2,3)8(12)7-9(13)11(4,5)6;/h4-6,9-10,12-16H,1-3,7-8H2;7,12H,1-6H3;/q-1;;/b;8-7-;. The Morgan fingerprint density at radius 1 is 0.974 bits per heavy atom. The Kier molecular flexibility index (Phi) is 9.99. The molecule has 210 valence electrons. The number of rotatable bonds is 3. The molecule has 5 rings (SSSR count). The van der Waals surface area contributed by atoms with Gasteiger partial charge in [0.1, 0.15) is 11.3 Å². The molecule has 1 N–H and O–H groups in total. The Morgan fingerprint density at radius 2 is 1.67 bits per heavy atom. The van der Waals surface area contributed by atoms with Crippen molar-refractivity contribution in [3.63, 3.8) is 0 Å². The monoisotopic (exact) mass is 705 g/mol. The molecule has 1 fully saturated rings. The minimum absolute atomic E-state index is 0. The van der Waals surface area contributed by atoms with Crippen molar-refractivity contribution < 1.29 is 35.4 Å². The summed E-state index contributed by atoms with van der Waals surface area (Å²) in [5, 5.41) is 11.8. The summed E-state index contributed by atoms with van der Waals surface area (Å²) in [6, 6.07) is 20.0. The fourth-order valence-electron chi connectivity index (χ4n) is 4.71. The molecule has 1 aliphatic rings. The molecule has 2 aromatic heterocycles. The second-order valence-electron chi connectivity index (χ2n) is 12.4. The van der Waals surface area contributed by atoms with Gasteiger partial charge in [0, 0.05) is 49.6 Å². The minimum Gasteiger partial charge on any atom is -0.512 e. The van der Waals surface area contributed by atoms with E-state index in [4.69, 9.17) is 4.42 Å². The second kappa shape index (κ2) is 12.6. The average molecular weight is 706 g/mol. The summed E-state index contributed by atoms with van der Waals surface area (Å²) in [6.45, 7) is 11.1. The number of benzene rings is 2. The van der Waals surface area contributed by atoms with E-state index >= 15 is 0 Å². The molecule has 0 bridgehead atoms. The van der Waals surface area contributed by atoms with Crippen LogP contribution >= 0.6 is 0 Å². The molecule has 4 aromatic rings. The molecule has 0 atom stereocenters. The number of nitrogens with zero attached hydrogens (tertiary/aromatic N) is 1. The summed E-state index contributed by atoms with van der Waals surface area (Å²) in [5.41, 5.74) is 4.38. The van der Waals surface area contributed by atoms with Crippen molar-refractivity contribution in [3.8, 4) is 11.3 Å². The Hall–Kier alpha value is -2.71. The van der Waals surface area contributed by atoms with E-state index in [2.05, 4.69) is 41.4 Å². The van der Waals surface area contributed by atoms with Crippen molar-refractivity contribution in [1.29, 1.82) is 0 Å². The van der Waals surface area contributed by atoms with Crippen molar-refractivity contribution in [3.05, 3.63) is 78.2 Å². The smallest absolute Gasteiger partial charge is 0.164 e. The zero-order valence-corrected chi connectivity index (χ0v) is 26.2. The van der Waals surface area contributed by atoms with E-state index in [0.717, 1.165) is 33.2 Å². The number of carbonyl (C=O) groups is 1. The fraction of sp³-hybridized carbons (Fsp3) is 0.412. The van der Waals surface area contributed by atoms with Gasteiger partial charge in [0.25, 0.3) is 0 Å². The maximum atomic E-state index is 11.5. The number of para-hydroxylation sites is 1. The van der Waals surface area contributed by atoms with Crippen LogP contribution < -0.4 is 0 Å². The second-order valence-corrected chi connectivity index (χ2v) is 12.4. The molecule has 0 radical (unpaired) electrons. The van der Waals surface area contributed by atoms with Crippen LogP contribution in [0.25, 0.3) is 33.2 Å². The molecule has 0 aliphatic heterocycles. The normalized spacial score (nSPS) is 15.0. The van der Waals surface area contributed by atoms with Crippen LogP contribution in [0.3, 0.4) is 0 Å². The first-order valence-electron chi connectivity index (χ1n) is 13.7. The fourth-order valence-corrected chi connectivity index (χ4v) is 4.71. The largest absolute Gasteiger partial charge is 0.512 e. The van der Waals surface area contributed by atoms with E-state index < -0.39 is 5.41 Å². The molecule has 1 aliphatic carbocycles. The van der Waals surface area contributed by atoms with E-state index in [9.17, 15) is 9.90 Å². The number of aliphatic hydroxyl groups excluding tert-OH is 1. The van der Waals surface area contributed by atoms with Crippen LogP contribution in [0.2, 0.25) is 0 Å². The number of carbonyl (C=O) groups excluding carboxylic acids is 1. The molecule has 39 heavy (non-hydrogen) atoms. The van der Waals surface area contributed by atoms with E-state index in [1.807, 2.05) is 65.9 Å². The summed E-state index contributed by atoms with van der Waals surface area (Å²) < 4.78 is 6.15. The van der Waals surface area contributed by atoms with Crippen molar-refractivity contribution in [2.24, 2.45) is 10.8 Å². The predicted octanol–water partition coefficient (Wildman–Crippen LogP) is 9.58. The summed E-state index contributed by atoms with van der Waals surface area (Å²) in [6.07, 6.45) is 9.92. The van der Waals surface area contributed by atoms with Crippen molar-refractivity contribution in [2.75, 3.05) is 0 Å². The van der Waals surface area contributed by atoms with Gasteiger partial charge >= 0.3 is 0 Å². The van der Waals surface area contributed by atoms with Crippen LogP contribution in [0.15, 0.2) is 71.0 Å². The molecule has 2 heterocycles. The zero-order chi connectivity index (χ0) is 27.5. The number of pyridine rings is 1. The average Bonchev–Trinajstić information content (AvgIpc) is 3.27. The van der Waals surface area contributed by atoms with Gasteiger partial charge in [0.15, 0.2) is 5.78 Å². The molecule has 0 spiro atoms. The third-order valence-corrected chi connectivity index (χ3v) is 7.23. The molecule has 0 unspecified atom stereocenters. The Bertz CT molecular complexity index is 1450. The summed E-state index contributed by atoms with van der Waals surface area (Å²) >= 11 is 0. The number of aliphatic hydroxyl groups is 1. The minimum atomic E-state index is -0.417. The first kappa shape index (κ1) is 30.8. The number of hydrogen-bond acceptors (Lipinski definition) is 4. The van der Waals surface area contributed by atoms with E-state index in [-0.39, 0.29) is 38.0 Å². The van der Waals surface area contributed by atoms with Crippen LogP contribution in [-0.2, 0) is 25.9 Å². The van der Waals surface area contributed by atoms with Gasteiger partial charge in [0.2, 0.25) is 0 Å². The quantitative estimate of drug-likeness (QED) is 0.131. The van der Waals surface area contributed by atoms with Gasteiger partial charge in [0.05, 0.1) is 5.58 Å². The maximum Gasteiger partial charge on any atom is 0.164 e. The molecule has 5 heteroatoms. The maximum absolute atomic E-state index is 11.5. The van der Waals surface area contributed by atoms with E-state index in [1.165, 1.54) is 43.7 Å².